The number of carbonyl (C=O) groups is 1. The summed E-state index contributed by atoms with van der Waals surface area (Å²) in [6.45, 7) is 1.84. The molecule has 1 aliphatic rings. The van der Waals surface area contributed by atoms with E-state index in [1.165, 1.54) is 11.8 Å². The largest absolute Gasteiger partial charge is 0.497 e. The lowest BCUT2D eigenvalue weighted by Gasteiger charge is -2.22. The lowest BCUT2D eigenvalue weighted by Crippen LogP contribution is -2.28. The zero-order valence-corrected chi connectivity index (χ0v) is 22.5. The van der Waals surface area contributed by atoms with Gasteiger partial charge in [0, 0.05) is 18.2 Å². The first-order valence-electron chi connectivity index (χ1n) is 12.2. The van der Waals surface area contributed by atoms with Gasteiger partial charge in [0.15, 0.2) is 0 Å². The quantitative estimate of drug-likeness (QED) is 0.188. The predicted octanol–water partition coefficient (Wildman–Crippen LogP) is 6.23. The van der Waals surface area contributed by atoms with Gasteiger partial charge in [0.1, 0.15) is 11.5 Å². The second-order valence-corrected chi connectivity index (χ2v) is 9.59. The number of rotatable bonds is 9. The van der Waals surface area contributed by atoms with Gasteiger partial charge >= 0.3 is 0 Å². The predicted molar refractivity (Wildman–Crippen MR) is 156 cm³/mol. The average Bonchev–Trinajstić information content (AvgIpc) is 3.42. The molecule has 7 nitrogen and oxygen atoms in total. The summed E-state index contributed by atoms with van der Waals surface area (Å²) in [5.74, 6) is 1.69. The minimum Gasteiger partial charge on any atom is -0.497 e. The van der Waals surface area contributed by atoms with E-state index in [0.29, 0.717) is 11.5 Å². The second kappa shape index (κ2) is 13.4. The van der Waals surface area contributed by atoms with Crippen LogP contribution < -0.4 is 9.47 Å². The van der Waals surface area contributed by atoms with E-state index in [2.05, 4.69) is 10.2 Å². The molecule has 1 heterocycles. The van der Waals surface area contributed by atoms with Crippen LogP contribution in [0.1, 0.15) is 36.1 Å². The molecular formula is C30H30N4O3S. The first kappa shape index (κ1) is 26.9. The molecule has 0 bridgehead atoms. The Kier molecular flexibility index (Phi) is 9.48. The fourth-order valence-electron chi connectivity index (χ4n) is 4.00. The van der Waals surface area contributed by atoms with Gasteiger partial charge in [0.25, 0.3) is 5.91 Å². The minimum absolute atomic E-state index is 0.0867. The van der Waals surface area contributed by atoms with Gasteiger partial charge in [-0.25, -0.2) is 5.01 Å². The molecule has 3 aromatic carbocycles. The van der Waals surface area contributed by atoms with Crippen LogP contribution in [0.5, 0.6) is 11.5 Å². The van der Waals surface area contributed by atoms with Crippen LogP contribution in [0.15, 0.2) is 100 Å². The fourth-order valence-corrected chi connectivity index (χ4v) is 4.57. The number of hydrogen-bond donors (Lipinski definition) is 0. The van der Waals surface area contributed by atoms with Crippen molar-refractivity contribution in [1.29, 1.82) is 0 Å². The van der Waals surface area contributed by atoms with E-state index in [9.17, 15) is 4.79 Å². The molecule has 0 spiro atoms. The van der Waals surface area contributed by atoms with Crippen LogP contribution in [0.25, 0.3) is 6.08 Å². The monoisotopic (exact) mass is 526 g/mol. The highest BCUT2D eigenvalue weighted by Crippen LogP contribution is 2.34. The van der Waals surface area contributed by atoms with E-state index in [-0.39, 0.29) is 17.7 Å². The van der Waals surface area contributed by atoms with Crippen molar-refractivity contribution in [2.75, 3.05) is 20.0 Å². The fraction of sp³-hybridized carbons (Fsp3) is 0.200. The smallest absolute Gasteiger partial charge is 0.253 e. The Labute approximate surface area is 227 Å². The van der Waals surface area contributed by atoms with Crippen molar-refractivity contribution in [1.82, 2.24) is 5.01 Å². The second-order valence-electron chi connectivity index (χ2n) is 8.42. The Morgan fingerprint density at radius 1 is 1.03 bits per heavy atom. The molecule has 1 aliphatic heterocycles. The summed E-state index contributed by atoms with van der Waals surface area (Å²) in [6.07, 6.45) is 5.95. The van der Waals surface area contributed by atoms with E-state index in [0.717, 1.165) is 33.9 Å². The van der Waals surface area contributed by atoms with Crippen LogP contribution >= 0.6 is 11.8 Å². The molecule has 38 heavy (non-hydrogen) atoms. The Morgan fingerprint density at radius 3 is 2.50 bits per heavy atom. The van der Waals surface area contributed by atoms with E-state index in [1.54, 1.807) is 31.5 Å². The maximum atomic E-state index is 13.3. The number of carbonyl (C=O) groups excluding carboxylic acids is 1. The van der Waals surface area contributed by atoms with Gasteiger partial charge in [-0.2, -0.15) is 10.2 Å². The van der Waals surface area contributed by atoms with Crippen LogP contribution in [0, 0.1) is 0 Å². The molecule has 8 heteroatoms. The van der Waals surface area contributed by atoms with Crippen LogP contribution in [-0.2, 0) is 4.79 Å². The number of hydrogen-bond acceptors (Lipinski definition) is 7. The molecule has 0 N–H and O–H groups in total. The summed E-state index contributed by atoms with van der Waals surface area (Å²) >= 11 is 1.34. The molecule has 194 valence electrons. The van der Waals surface area contributed by atoms with Gasteiger partial charge in [-0.15, -0.1) is 5.10 Å². The van der Waals surface area contributed by atoms with Crippen molar-refractivity contribution in [3.63, 3.8) is 0 Å². The zero-order chi connectivity index (χ0) is 26.7. The topological polar surface area (TPSA) is 75.9 Å². The highest BCUT2D eigenvalue weighted by molar-refractivity contribution is 8.14. The highest BCUT2D eigenvalue weighted by Gasteiger charge is 2.33. The third kappa shape index (κ3) is 6.98. The molecule has 3 aromatic rings. The minimum atomic E-state index is -0.181. The summed E-state index contributed by atoms with van der Waals surface area (Å²) in [7, 11) is 3.28. The first-order valence-corrected chi connectivity index (χ1v) is 13.2. The van der Waals surface area contributed by atoms with E-state index >= 15 is 0 Å². The first-order chi connectivity index (χ1) is 18.6. The third-order valence-corrected chi connectivity index (χ3v) is 6.83. The lowest BCUT2D eigenvalue weighted by molar-refractivity contribution is -0.130. The molecule has 1 amide bonds. The number of thioether (sulfide) groups is 1. The summed E-state index contributed by atoms with van der Waals surface area (Å²) in [5, 5.41) is 15.3. The zero-order valence-electron chi connectivity index (χ0n) is 21.7. The van der Waals surface area contributed by atoms with Gasteiger partial charge < -0.3 is 9.47 Å². The normalized spacial score (nSPS) is 15.8. The van der Waals surface area contributed by atoms with E-state index in [4.69, 9.17) is 14.6 Å². The molecule has 1 atom stereocenters. The van der Waals surface area contributed by atoms with Gasteiger partial charge in [-0.1, -0.05) is 72.4 Å². The molecule has 4 rings (SSSR count). The van der Waals surface area contributed by atoms with Crippen molar-refractivity contribution in [2.45, 2.75) is 19.4 Å². The van der Waals surface area contributed by atoms with Crippen molar-refractivity contribution in [3.8, 4) is 11.5 Å². The molecule has 0 saturated carbocycles. The standard InChI is InChI=1S/C30H30N4O3S/c1-22(32-31-19-9-13-25-12-7-8-14-29(25)37-3)38-21-30(35)34-28(24-15-17-26(36-2)18-16-24)20-27(33-34)23-10-5-4-6-11-23/h4-19,28H,20-21H2,1-3H3/b13-9-,31-19-,32-22+/t28-/m0/s1. The Bertz CT molecular complexity index is 1350. The summed E-state index contributed by atoms with van der Waals surface area (Å²) < 4.78 is 10.6. The maximum absolute atomic E-state index is 13.3. The Morgan fingerprint density at radius 2 is 1.76 bits per heavy atom. The summed E-state index contributed by atoms with van der Waals surface area (Å²) in [5.41, 5.74) is 3.87. The summed E-state index contributed by atoms with van der Waals surface area (Å²) in [4.78, 5) is 13.3. The van der Waals surface area contributed by atoms with E-state index < -0.39 is 0 Å². The number of benzene rings is 3. The number of methoxy groups -OCH3 is 2. The summed E-state index contributed by atoms with van der Waals surface area (Å²) in [6, 6.07) is 25.3. The van der Waals surface area contributed by atoms with Gasteiger partial charge in [-0.3, -0.25) is 4.79 Å². The molecule has 0 saturated heterocycles. The van der Waals surface area contributed by atoms with Gasteiger partial charge in [-0.05, 0) is 48.4 Å². The van der Waals surface area contributed by atoms with Crippen LogP contribution in [0.2, 0.25) is 0 Å². The number of hydrazone groups is 1. The van der Waals surface area contributed by atoms with Crippen LogP contribution in [0.4, 0.5) is 0 Å². The van der Waals surface area contributed by atoms with Crippen molar-refractivity contribution in [3.05, 3.63) is 102 Å². The molecule has 0 radical (unpaired) electrons. The Hall–Kier alpha value is -4.17. The maximum Gasteiger partial charge on any atom is 0.253 e. The van der Waals surface area contributed by atoms with E-state index in [1.807, 2.05) is 91.9 Å². The molecule has 0 aromatic heterocycles. The lowest BCUT2D eigenvalue weighted by atomic mass is 9.98. The number of para-hydroxylation sites is 1. The van der Waals surface area contributed by atoms with Crippen molar-refractivity contribution >= 4 is 40.7 Å². The van der Waals surface area contributed by atoms with Crippen molar-refractivity contribution in [2.24, 2.45) is 15.3 Å². The Balaban J connectivity index is 1.41. The number of nitrogens with zero attached hydrogens (tertiary/aromatic N) is 4. The SMILES string of the molecule is COc1ccc([C@@H]2CC(c3ccccc3)=NN2C(=O)CS/C(C)=N/N=C\C=C/c2ccccc2OC)cc1. The third-order valence-electron chi connectivity index (χ3n) is 5.94. The molecule has 0 unspecified atom stereocenters. The number of amides is 1. The number of allylic oxidation sites excluding steroid dienone is 1. The highest BCUT2D eigenvalue weighted by atomic mass is 32.2. The number of ether oxygens (including phenoxy) is 2. The molecular weight excluding hydrogens is 496 g/mol. The average molecular weight is 527 g/mol. The van der Waals surface area contributed by atoms with Crippen LogP contribution in [-0.4, -0.2) is 47.9 Å². The van der Waals surface area contributed by atoms with Gasteiger partial charge in [0.05, 0.1) is 36.8 Å². The van der Waals surface area contributed by atoms with Gasteiger partial charge in [0.2, 0.25) is 0 Å². The van der Waals surface area contributed by atoms with Crippen LogP contribution in [0.3, 0.4) is 0 Å². The molecule has 0 fully saturated rings. The van der Waals surface area contributed by atoms with Crippen molar-refractivity contribution < 1.29 is 14.3 Å². The molecule has 0 aliphatic carbocycles.